The number of carbonyl (C=O) groups excluding carboxylic acids is 2. The molecule has 0 atom stereocenters. The normalized spacial score (nSPS) is 11.8. The number of rotatable bonds is 3. The summed E-state index contributed by atoms with van der Waals surface area (Å²) in [6.45, 7) is 0.00862. The van der Waals surface area contributed by atoms with E-state index in [2.05, 4.69) is 20.9 Å². The number of benzene rings is 1. The number of thiazole rings is 1. The lowest BCUT2D eigenvalue weighted by Gasteiger charge is -2.03. The lowest BCUT2D eigenvalue weighted by atomic mass is 10.3. The standard InChI is InChI=1S/C15H11BrN2O3S2/c1-21-13(19)8-18-10-5-4-9(16)7-12(10)23-15(18)17-14(20)11-3-2-6-22-11/h2-7H,8H2,1H3. The number of ether oxygens (including phenoxy) is 1. The second-order valence-electron chi connectivity index (χ2n) is 4.55. The third-order valence-electron chi connectivity index (χ3n) is 3.09. The zero-order valence-corrected chi connectivity index (χ0v) is 15.2. The van der Waals surface area contributed by atoms with Crippen LogP contribution in [-0.4, -0.2) is 23.6 Å². The monoisotopic (exact) mass is 410 g/mol. The minimum atomic E-state index is -0.391. The van der Waals surface area contributed by atoms with Gasteiger partial charge in [-0.1, -0.05) is 33.3 Å². The molecule has 0 aliphatic rings. The van der Waals surface area contributed by atoms with Crippen molar-refractivity contribution in [2.75, 3.05) is 7.11 Å². The molecule has 23 heavy (non-hydrogen) atoms. The molecule has 0 spiro atoms. The Bertz CT molecular complexity index is 941. The summed E-state index contributed by atoms with van der Waals surface area (Å²) in [7, 11) is 1.33. The van der Waals surface area contributed by atoms with Gasteiger partial charge in [0.2, 0.25) is 0 Å². The summed E-state index contributed by atoms with van der Waals surface area (Å²) >= 11 is 6.12. The first-order valence-corrected chi connectivity index (χ1v) is 9.05. The van der Waals surface area contributed by atoms with Crippen molar-refractivity contribution < 1.29 is 14.3 Å². The van der Waals surface area contributed by atoms with Crippen LogP contribution in [0.4, 0.5) is 0 Å². The maximum absolute atomic E-state index is 12.2. The van der Waals surface area contributed by atoms with Gasteiger partial charge in [0, 0.05) is 4.47 Å². The van der Waals surface area contributed by atoms with Crippen molar-refractivity contribution in [2.45, 2.75) is 6.54 Å². The highest BCUT2D eigenvalue weighted by Crippen LogP contribution is 2.22. The molecule has 2 heterocycles. The van der Waals surface area contributed by atoms with Crippen LogP contribution in [0.2, 0.25) is 0 Å². The van der Waals surface area contributed by atoms with E-state index in [1.165, 1.54) is 29.8 Å². The fraction of sp³-hybridized carbons (Fsp3) is 0.133. The quantitative estimate of drug-likeness (QED) is 0.621. The molecule has 0 saturated heterocycles. The number of fused-ring (bicyclic) bond motifs is 1. The highest BCUT2D eigenvalue weighted by molar-refractivity contribution is 9.10. The van der Waals surface area contributed by atoms with Crippen molar-refractivity contribution in [1.82, 2.24) is 4.57 Å². The van der Waals surface area contributed by atoms with E-state index in [0.29, 0.717) is 9.68 Å². The van der Waals surface area contributed by atoms with Crippen LogP contribution in [0, 0.1) is 0 Å². The summed E-state index contributed by atoms with van der Waals surface area (Å²) in [6.07, 6.45) is 0. The highest BCUT2D eigenvalue weighted by Gasteiger charge is 2.13. The third-order valence-corrected chi connectivity index (χ3v) is 5.48. The summed E-state index contributed by atoms with van der Waals surface area (Å²) in [5.74, 6) is -0.707. The Morgan fingerprint density at radius 2 is 2.17 bits per heavy atom. The van der Waals surface area contributed by atoms with Crippen LogP contribution in [0.25, 0.3) is 10.2 Å². The Labute approximate surface area is 148 Å². The number of aromatic nitrogens is 1. The van der Waals surface area contributed by atoms with Crippen molar-refractivity contribution in [1.29, 1.82) is 0 Å². The van der Waals surface area contributed by atoms with E-state index in [1.807, 2.05) is 23.6 Å². The van der Waals surface area contributed by atoms with Crippen molar-refractivity contribution in [3.05, 3.63) is 49.9 Å². The molecule has 3 aromatic rings. The molecule has 2 aromatic heterocycles. The van der Waals surface area contributed by atoms with E-state index in [0.717, 1.165) is 14.7 Å². The maximum Gasteiger partial charge on any atom is 0.325 e. The Kier molecular flexibility index (Phi) is 4.74. The van der Waals surface area contributed by atoms with Gasteiger partial charge in [0.15, 0.2) is 4.80 Å². The number of hydrogen-bond acceptors (Lipinski definition) is 5. The number of hydrogen-bond donors (Lipinski definition) is 0. The number of carbonyl (C=O) groups is 2. The Morgan fingerprint density at radius 3 is 2.87 bits per heavy atom. The van der Waals surface area contributed by atoms with Crippen LogP contribution < -0.4 is 4.80 Å². The van der Waals surface area contributed by atoms with Gasteiger partial charge in [0.05, 0.1) is 22.2 Å². The zero-order chi connectivity index (χ0) is 16.4. The number of halogens is 1. The van der Waals surface area contributed by atoms with Crippen LogP contribution in [0.5, 0.6) is 0 Å². The molecule has 0 aliphatic heterocycles. The number of nitrogens with zero attached hydrogens (tertiary/aromatic N) is 2. The van der Waals surface area contributed by atoms with Gasteiger partial charge in [-0.25, -0.2) is 0 Å². The molecular weight excluding hydrogens is 400 g/mol. The number of esters is 1. The van der Waals surface area contributed by atoms with Crippen LogP contribution in [0.3, 0.4) is 0 Å². The van der Waals surface area contributed by atoms with Gasteiger partial charge < -0.3 is 9.30 Å². The number of thiophene rings is 1. The van der Waals surface area contributed by atoms with Crippen LogP contribution in [0.1, 0.15) is 9.67 Å². The molecular formula is C15H11BrN2O3S2. The van der Waals surface area contributed by atoms with Crippen molar-refractivity contribution in [3.8, 4) is 0 Å². The summed E-state index contributed by atoms with van der Waals surface area (Å²) in [6, 6.07) is 9.23. The summed E-state index contributed by atoms with van der Waals surface area (Å²) < 4.78 is 8.29. The number of methoxy groups -OCH3 is 1. The summed E-state index contributed by atoms with van der Waals surface area (Å²) in [5, 5.41) is 1.83. The molecule has 1 amide bonds. The molecule has 0 unspecified atom stereocenters. The van der Waals surface area contributed by atoms with Gasteiger partial charge in [-0.05, 0) is 29.6 Å². The predicted octanol–water partition coefficient (Wildman–Crippen LogP) is 3.44. The third kappa shape index (κ3) is 3.44. The first-order chi connectivity index (χ1) is 11.1. The minimum Gasteiger partial charge on any atom is -0.468 e. The van der Waals surface area contributed by atoms with E-state index in [1.54, 1.807) is 16.7 Å². The smallest absolute Gasteiger partial charge is 0.325 e. The lowest BCUT2D eigenvalue weighted by Crippen LogP contribution is -2.22. The van der Waals surface area contributed by atoms with Crippen LogP contribution >= 0.6 is 38.6 Å². The summed E-state index contributed by atoms with van der Waals surface area (Å²) in [5.41, 5.74) is 0.835. The van der Waals surface area contributed by atoms with E-state index in [4.69, 9.17) is 4.74 Å². The zero-order valence-electron chi connectivity index (χ0n) is 12.0. The lowest BCUT2D eigenvalue weighted by molar-refractivity contribution is -0.141. The Hall–Kier alpha value is -1.77. The fourth-order valence-corrected chi connectivity index (χ4v) is 4.21. The molecule has 5 nitrogen and oxygen atoms in total. The molecule has 118 valence electrons. The second kappa shape index (κ2) is 6.77. The average molecular weight is 411 g/mol. The van der Waals surface area contributed by atoms with Crippen molar-refractivity contribution >= 4 is 60.7 Å². The topological polar surface area (TPSA) is 60.7 Å². The highest BCUT2D eigenvalue weighted by atomic mass is 79.9. The fourth-order valence-electron chi connectivity index (χ4n) is 2.02. The number of amides is 1. The minimum absolute atomic E-state index is 0.00862. The van der Waals surface area contributed by atoms with Gasteiger partial charge in [0.1, 0.15) is 6.54 Å². The maximum atomic E-state index is 12.2. The van der Waals surface area contributed by atoms with E-state index < -0.39 is 5.97 Å². The molecule has 3 rings (SSSR count). The average Bonchev–Trinajstić information content (AvgIpc) is 3.16. The second-order valence-corrected chi connectivity index (χ2v) is 7.43. The molecule has 0 bridgehead atoms. The largest absolute Gasteiger partial charge is 0.468 e. The SMILES string of the molecule is COC(=O)Cn1c(=NC(=O)c2cccs2)sc2cc(Br)ccc21. The first-order valence-electron chi connectivity index (χ1n) is 6.57. The van der Waals surface area contributed by atoms with E-state index in [-0.39, 0.29) is 12.5 Å². The molecule has 0 aliphatic carbocycles. The Balaban J connectivity index is 2.16. The predicted molar refractivity (Wildman–Crippen MR) is 93.7 cm³/mol. The van der Waals surface area contributed by atoms with Gasteiger partial charge >= 0.3 is 5.97 Å². The Morgan fingerprint density at radius 1 is 1.35 bits per heavy atom. The van der Waals surface area contributed by atoms with Gasteiger partial charge in [-0.15, -0.1) is 11.3 Å². The molecule has 8 heteroatoms. The van der Waals surface area contributed by atoms with Crippen LogP contribution in [0.15, 0.2) is 45.2 Å². The van der Waals surface area contributed by atoms with Gasteiger partial charge in [-0.2, -0.15) is 4.99 Å². The molecule has 0 saturated carbocycles. The van der Waals surface area contributed by atoms with Crippen molar-refractivity contribution in [3.63, 3.8) is 0 Å². The van der Waals surface area contributed by atoms with Crippen LogP contribution in [-0.2, 0) is 16.1 Å². The van der Waals surface area contributed by atoms with E-state index >= 15 is 0 Å². The molecule has 0 N–H and O–H groups in total. The van der Waals surface area contributed by atoms with Crippen molar-refractivity contribution in [2.24, 2.45) is 4.99 Å². The van der Waals surface area contributed by atoms with Gasteiger partial charge in [-0.3, -0.25) is 9.59 Å². The first kappa shape index (κ1) is 16.1. The molecule has 1 aromatic carbocycles. The van der Waals surface area contributed by atoms with Gasteiger partial charge in [0.25, 0.3) is 5.91 Å². The molecule has 0 radical (unpaired) electrons. The van der Waals surface area contributed by atoms with E-state index in [9.17, 15) is 9.59 Å². The summed E-state index contributed by atoms with van der Waals surface area (Å²) in [4.78, 5) is 29.1. The molecule has 0 fully saturated rings.